The maximum absolute atomic E-state index is 5.88. The number of fused-ring (bicyclic) bond motifs is 1. The summed E-state index contributed by atoms with van der Waals surface area (Å²) in [4.78, 5) is 2.52. The number of furan rings is 1. The molecule has 0 atom stereocenters. The first-order valence-corrected chi connectivity index (χ1v) is 8.13. The highest BCUT2D eigenvalue weighted by Gasteiger charge is 2.28. The molecule has 0 radical (unpaired) electrons. The van der Waals surface area contributed by atoms with Gasteiger partial charge < -0.3 is 10.2 Å². The van der Waals surface area contributed by atoms with Gasteiger partial charge in [0, 0.05) is 41.1 Å². The summed E-state index contributed by atoms with van der Waals surface area (Å²) in [6, 6.07) is 8.24. The molecule has 1 saturated heterocycles. The molecule has 0 bridgehead atoms. The van der Waals surface area contributed by atoms with E-state index in [2.05, 4.69) is 42.6 Å². The number of rotatable bonds is 3. The van der Waals surface area contributed by atoms with Crippen molar-refractivity contribution in [2.24, 2.45) is 5.73 Å². The number of para-hydroxylation sites is 1. The third-order valence-corrected chi connectivity index (χ3v) is 5.15. The molecule has 108 valence electrons. The van der Waals surface area contributed by atoms with Crippen molar-refractivity contribution in [1.29, 1.82) is 0 Å². The van der Waals surface area contributed by atoms with Gasteiger partial charge in [0.25, 0.3) is 0 Å². The standard InChI is InChI=1S/C16H22N2OS/c1-16(2)11-18(7-8-20-16)10-13-12-5-3-4-6-14(12)19-15(13)9-17/h3-6H,7-11,17H2,1-2H3. The molecule has 1 aliphatic heterocycles. The van der Waals surface area contributed by atoms with Gasteiger partial charge >= 0.3 is 0 Å². The summed E-state index contributed by atoms with van der Waals surface area (Å²) in [6.45, 7) is 8.30. The van der Waals surface area contributed by atoms with E-state index in [4.69, 9.17) is 10.2 Å². The first-order chi connectivity index (χ1) is 9.59. The first kappa shape index (κ1) is 14.0. The van der Waals surface area contributed by atoms with Gasteiger partial charge in [-0.25, -0.2) is 0 Å². The molecule has 0 unspecified atom stereocenters. The second-order valence-corrected chi connectivity index (χ2v) is 7.82. The van der Waals surface area contributed by atoms with E-state index < -0.39 is 0 Å². The van der Waals surface area contributed by atoms with Gasteiger partial charge in [0.2, 0.25) is 0 Å². The maximum atomic E-state index is 5.88. The molecule has 1 aromatic carbocycles. The van der Waals surface area contributed by atoms with Crippen LogP contribution in [0.4, 0.5) is 0 Å². The smallest absolute Gasteiger partial charge is 0.134 e. The van der Waals surface area contributed by atoms with Crippen LogP contribution in [0.3, 0.4) is 0 Å². The third-order valence-electron chi connectivity index (χ3n) is 3.85. The molecule has 0 amide bonds. The minimum absolute atomic E-state index is 0.334. The number of nitrogens with zero attached hydrogens (tertiary/aromatic N) is 1. The molecular weight excluding hydrogens is 268 g/mol. The van der Waals surface area contributed by atoms with Crippen molar-refractivity contribution in [3.8, 4) is 0 Å². The minimum Gasteiger partial charge on any atom is -0.459 e. The molecule has 2 aromatic rings. The highest BCUT2D eigenvalue weighted by molar-refractivity contribution is 8.00. The molecule has 2 heterocycles. The molecular formula is C16H22N2OS. The van der Waals surface area contributed by atoms with E-state index >= 15 is 0 Å². The van der Waals surface area contributed by atoms with Crippen molar-refractivity contribution in [1.82, 2.24) is 4.90 Å². The third kappa shape index (κ3) is 2.73. The van der Waals surface area contributed by atoms with E-state index in [0.29, 0.717) is 11.3 Å². The van der Waals surface area contributed by atoms with Crippen molar-refractivity contribution >= 4 is 22.7 Å². The minimum atomic E-state index is 0.334. The largest absolute Gasteiger partial charge is 0.459 e. The molecule has 3 nitrogen and oxygen atoms in total. The Bertz CT molecular complexity index is 606. The average molecular weight is 290 g/mol. The van der Waals surface area contributed by atoms with Crippen LogP contribution in [-0.2, 0) is 13.1 Å². The van der Waals surface area contributed by atoms with Crippen LogP contribution in [0, 0.1) is 0 Å². The fourth-order valence-corrected chi connectivity index (χ4v) is 4.14. The van der Waals surface area contributed by atoms with Crippen LogP contribution in [-0.4, -0.2) is 28.5 Å². The summed E-state index contributed by atoms with van der Waals surface area (Å²) in [5, 5.41) is 1.21. The van der Waals surface area contributed by atoms with Gasteiger partial charge in [-0.1, -0.05) is 18.2 Å². The molecule has 2 N–H and O–H groups in total. The van der Waals surface area contributed by atoms with Crippen LogP contribution in [0.25, 0.3) is 11.0 Å². The van der Waals surface area contributed by atoms with Crippen LogP contribution in [0.15, 0.2) is 28.7 Å². The van der Waals surface area contributed by atoms with Crippen LogP contribution < -0.4 is 5.73 Å². The molecule has 3 rings (SSSR count). The fraction of sp³-hybridized carbons (Fsp3) is 0.500. The van der Waals surface area contributed by atoms with E-state index in [0.717, 1.165) is 31.0 Å². The lowest BCUT2D eigenvalue weighted by atomic mass is 10.1. The van der Waals surface area contributed by atoms with Crippen LogP contribution >= 0.6 is 11.8 Å². The summed E-state index contributed by atoms with van der Waals surface area (Å²) in [5.74, 6) is 2.13. The van der Waals surface area contributed by atoms with E-state index in [1.807, 2.05) is 12.1 Å². The second-order valence-electron chi connectivity index (χ2n) is 6.02. The Morgan fingerprint density at radius 1 is 1.35 bits per heavy atom. The van der Waals surface area contributed by atoms with Crippen LogP contribution in [0.2, 0.25) is 0 Å². The van der Waals surface area contributed by atoms with E-state index in [1.54, 1.807) is 0 Å². The molecule has 4 heteroatoms. The van der Waals surface area contributed by atoms with E-state index in [1.165, 1.54) is 16.7 Å². The molecule has 20 heavy (non-hydrogen) atoms. The lowest BCUT2D eigenvalue weighted by molar-refractivity contribution is 0.251. The van der Waals surface area contributed by atoms with Gasteiger partial charge in [-0.05, 0) is 19.9 Å². The Kier molecular flexibility index (Phi) is 3.80. The van der Waals surface area contributed by atoms with Crippen LogP contribution in [0.5, 0.6) is 0 Å². The van der Waals surface area contributed by atoms with Crippen molar-refractivity contribution in [2.75, 3.05) is 18.8 Å². The molecule has 1 aliphatic rings. The molecule has 1 aromatic heterocycles. The quantitative estimate of drug-likeness (QED) is 0.942. The summed E-state index contributed by atoms with van der Waals surface area (Å²) >= 11 is 2.06. The lowest BCUT2D eigenvalue weighted by Gasteiger charge is -2.37. The number of thioether (sulfide) groups is 1. The Labute approximate surface area is 124 Å². The Balaban J connectivity index is 1.90. The normalized spacial score (nSPS) is 19.6. The predicted molar refractivity (Wildman–Crippen MR) is 85.9 cm³/mol. The maximum Gasteiger partial charge on any atom is 0.134 e. The number of nitrogens with two attached hydrogens (primary N) is 1. The summed E-state index contributed by atoms with van der Waals surface area (Å²) in [7, 11) is 0. The zero-order chi connectivity index (χ0) is 14.2. The number of benzene rings is 1. The van der Waals surface area contributed by atoms with Gasteiger partial charge in [0.05, 0.1) is 6.54 Å². The number of hydrogen-bond donors (Lipinski definition) is 1. The summed E-state index contributed by atoms with van der Waals surface area (Å²) < 4.78 is 6.22. The Morgan fingerprint density at radius 2 is 2.15 bits per heavy atom. The lowest BCUT2D eigenvalue weighted by Crippen LogP contribution is -2.42. The Morgan fingerprint density at radius 3 is 2.90 bits per heavy atom. The summed E-state index contributed by atoms with van der Waals surface area (Å²) in [6.07, 6.45) is 0. The van der Waals surface area contributed by atoms with Gasteiger partial charge in [-0.2, -0.15) is 11.8 Å². The topological polar surface area (TPSA) is 42.4 Å². The molecule has 0 aliphatic carbocycles. The monoisotopic (exact) mass is 290 g/mol. The molecule has 0 spiro atoms. The zero-order valence-corrected chi connectivity index (χ0v) is 13.0. The second kappa shape index (κ2) is 5.43. The zero-order valence-electron chi connectivity index (χ0n) is 12.2. The van der Waals surface area contributed by atoms with Gasteiger partial charge in [-0.3, -0.25) is 4.90 Å². The highest BCUT2D eigenvalue weighted by atomic mass is 32.2. The SMILES string of the molecule is CC1(C)CN(Cc2c(CN)oc3ccccc23)CCS1. The van der Waals surface area contributed by atoms with Crippen molar-refractivity contribution in [2.45, 2.75) is 31.7 Å². The van der Waals surface area contributed by atoms with Gasteiger partial charge in [-0.15, -0.1) is 0 Å². The van der Waals surface area contributed by atoms with Crippen LogP contribution in [0.1, 0.15) is 25.2 Å². The first-order valence-electron chi connectivity index (χ1n) is 7.15. The fourth-order valence-electron chi connectivity index (χ4n) is 2.96. The van der Waals surface area contributed by atoms with E-state index in [9.17, 15) is 0 Å². The number of hydrogen-bond acceptors (Lipinski definition) is 4. The highest BCUT2D eigenvalue weighted by Crippen LogP contribution is 2.32. The van der Waals surface area contributed by atoms with E-state index in [-0.39, 0.29) is 0 Å². The van der Waals surface area contributed by atoms with Crippen molar-refractivity contribution in [3.63, 3.8) is 0 Å². The van der Waals surface area contributed by atoms with Crippen molar-refractivity contribution < 1.29 is 4.42 Å². The molecule has 0 saturated carbocycles. The predicted octanol–water partition coefficient (Wildman–Crippen LogP) is 3.22. The van der Waals surface area contributed by atoms with Gasteiger partial charge in [0.15, 0.2) is 0 Å². The Hall–Kier alpha value is -0.970. The average Bonchev–Trinajstić information content (AvgIpc) is 2.76. The summed E-state index contributed by atoms with van der Waals surface area (Å²) in [5.41, 5.74) is 8.08. The van der Waals surface area contributed by atoms with Crippen molar-refractivity contribution in [3.05, 3.63) is 35.6 Å². The molecule has 1 fully saturated rings. The van der Waals surface area contributed by atoms with Gasteiger partial charge in [0.1, 0.15) is 11.3 Å².